The molecule has 0 radical (unpaired) electrons. The highest BCUT2D eigenvalue weighted by Crippen LogP contribution is 2.29. The maximum atomic E-state index is 12.9. The minimum absolute atomic E-state index is 0.176. The zero-order valence-electron chi connectivity index (χ0n) is 16.7. The standard InChI is InChI=1S/C20H32N2O4S/c1-4-5-6-8-17-9-11-18(12-10-17)27(25,26)21-20(15-19(23)24)13-7-14-22(2,3)16-20/h9-12,21H,4-8,13-16H2,1-3H3. The highest BCUT2D eigenvalue weighted by molar-refractivity contribution is 7.89. The highest BCUT2D eigenvalue weighted by Gasteiger charge is 2.44. The van der Waals surface area contributed by atoms with Gasteiger partial charge in [-0.15, -0.1) is 0 Å². The van der Waals surface area contributed by atoms with Crippen LogP contribution in [0.4, 0.5) is 0 Å². The van der Waals surface area contributed by atoms with E-state index in [9.17, 15) is 18.3 Å². The monoisotopic (exact) mass is 396 g/mol. The van der Waals surface area contributed by atoms with Gasteiger partial charge in [0, 0.05) is 12.4 Å². The molecule has 1 aliphatic heterocycles. The van der Waals surface area contributed by atoms with Gasteiger partial charge in [0.15, 0.2) is 0 Å². The van der Waals surface area contributed by atoms with Crippen LogP contribution in [0.5, 0.6) is 0 Å². The first-order valence-corrected chi connectivity index (χ1v) is 11.2. The minimum atomic E-state index is -3.81. The molecule has 2 rings (SSSR count). The summed E-state index contributed by atoms with van der Waals surface area (Å²) in [6.45, 7) is 3.47. The number of rotatable bonds is 9. The summed E-state index contributed by atoms with van der Waals surface area (Å²) in [5.74, 6) is -1.23. The molecule has 1 unspecified atom stereocenters. The molecule has 1 fully saturated rings. The van der Waals surface area contributed by atoms with Crippen LogP contribution in [0.25, 0.3) is 0 Å². The third-order valence-electron chi connectivity index (χ3n) is 5.29. The number of quaternary nitrogens is 1. The molecule has 1 saturated heterocycles. The van der Waals surface area contributed by atoms with Crippen LogP contribution < -0.4 is 9.83 Å². The number of aliphatic carboxylic acids is 1. The Labute approximate surface area is 163 Å². The summed E-state index contributed by atoms with van der Waals surface area (Å²) in [6.07, 6.45) is 5.26. The number of hydrogen-bond acceptors (Lipinski definition) is 4. The molecule has 6 nitrogen and oxygen atoms in total. The summed E-state index contributed by atoms with van der Waals surface area (Å²) in [4.78, 5) is 11.5. The molecular weight excluding hydrogens is 364 g/mol. The lowest BCUT2D eigenvalue weighted by atomic mass is 9.86. The van der Waals surface area contributed by atoms with Gasteiger partial charge in [0.05, 0.1) is 37.6 Å². The van der Waals surface area contributed by atoms with Crippen LogP contribution in [0.2, 0.25) is 0 Å². The molecule has 27 heavy (non-hydrogen) atoms. The van der Waals surface area contributed by atoms with Gasteiger partial charge in [-0.2, -0.15) is 4.72 Å². The van der Waals surface area contributed by atoms with Crippen molar-refractivity contribution < 1.29 is 22.8 Å². The fourth-order valence-electron chi connectivity index (χ4n) is 4.12. The van der Waals surface area contributed by atoms with Crippen LogP contribution in [0.3, 0.4) is 0 Å². The first kappa shape index (κ1) is 21.9. The number of unbranched alkanes of at least 4 members (excludes halogenated alkanes) is 2. The number of nitrogens with one attached hydrogen (secondary N) is 1. The van der Waals surface area contributed by atoms with Crippen molar-refractivity contribution in [3.05, 3.63) is 29.8 Å². The molecule has 1 aromatic carbocycles. The third kappa shape index (κ3) is 6.30. The van der Waals surface area contributed by atoms with Crippen molar-refractivity contribution in [1.29, 1.82) is 0 Å². The number of carbonyl (C=O) groups excluding carboxylic acids is 1. The second kappa shape index (κ2) is 8.71. The molecule has 7 heteroatoms. The molecule has 1 heterocycles. The predicted octanol–water partition coefficient (Wildman–Crippen LogP) is 1.45. The van der Waals surface area contributed by atoms with Gasteiger partial charge < -0.3 is 14.4 Å². The summed E-state index contributed by atoms with van der Waals surface area (Å²) >= 11 is 0. The predicted molar refractivity (Wildman–Crippen MR) is 103 cm³/mol. The van der Waals surface area contributed by atoms with Crippen molar-refractivity contribution in [2.75, 3.05) is 27.2 Å². The minimum Gasteiger partial charge on any atom is -0.550 e. The van der Waals surface area contributed by atoms with Gasteiger partial charge in [-0.05, 0) is 43.4 Å². The topological polar surface area (TPSA) is 86.3 Å². The number of hydrogen-bond donors (Lipinski definition) is 1. The molecule has 0 saturated carbocycles. The quantitative estimate of drug-likeness (QED) is 0.506. The number of likely N-dealkylation sites (tertiary alicyclic amines) is 1. The molecule has 152 valence electrons. The van der Waals surface area contributed by atoms with E-state index in [2.05, 4.69) is 11.6 Å². The van der Waals surface area contributed by atoms with Gasteiger partial charge >= 0.3 is 0 Å². The van der Waals surface area contributed by atoms with Crippen LogP contribution in [0, 0.1) is 0 Å². The Balaban J connectivity index is 2.19. The van der Waals surface area contributed by atoms with Crippen LogP contribution >= 0.6 is 0 Å². The van der Waals surface area contributed by atoms with Gasteiger partial charge in [-0.3, -0.25) is 0 Å². The Hall–Kier alpha value is -1.44. The first-order chi connectivity index (χ1) is 12.6. The third-order valence-corrected chi connectivity index (χ3v) is 6.88. The second-order valence-corrected chi connectivity index (χ2v) is 10.1. The van der Waals surface area contributed by atoms with Crippen molar-refractivity contribution in [1.82, 2.24) is 4.72 Å². The molecule has 0 bridgehead atoms. The van der Waals surface area contributed by atoms with E-state index >= 15 is 0 Å². The highest BCUT2D eigenvalue weighted by atomic mass is 32.2. The number of nitrogens with zero attached hydrogens (tertiary/aromatic N) is 1. The average molecular weight is 397 g/mol. The molecule has 1 aliphatic rings. The number of carbonyl (C=O) groups is 1. The number of carboxylic acid groups (broad SMARTS) is 1. The van der Waals surface area contributed by atoms with Crippen molar-refractivity contribution >= 4 is 16.0 Å². The number of aryl methyl sites for hydroxylation is 1. The van der Waals surface area contributed by atoms with E-state index in [-0.39, 0.29) is 11.3 Å². The molecule has 0 spiro atoms. The molecular formula is C20H32N2O4S. The fraction of sp³-hybridized carbons (Fsp3) is 0.650. The lowest BCUT2D eigenvalue weighted by Crippen LogP contribution is -2.64. The van der Waals surface area contributed by atoms with Crippen molar-refractivity contribution in [3.63, 3.8) is 0 Å². The number of benzene rings is 1. The van der Waals surface area contributed by atoms with E-state index in [0.717, 1.165) is 44.2 Å². The van der Waals surface area contributed by atoms with Gasteiger partial charge in [-0.25, -0.2) is 8.42 Å². The second-order valence-electron chi connectivity index (χ2n) is 8.46. The van der Waals surface area contributed by atoms with Gasteiger partial charge in [-0.1, -0.05) is 31.9 Å². The van der Waals surface area contributed by atoms with Crippen LogP contribution in [0.1, 0.15) is 51.0 Å². The maximum absolute atomic E-state index is 12.9. The Kier molecular flexibility index (Phi) is 7.05. The average Bonchev–Trinajstić information content (AvgIpc) is 2.53. The first-order valence-electron chi connectivity index (χ1n) is 9.72. The van der Waals surface area contributed by atoms with Gasteiger partial charge in [0.2, 0.25) is 10.0 Å². The number of sulfonamides is 1. The lowest BCUT2D eigenvalue weighted by molar-refractivity contribution is -0.899. The van der Waals surface area contributed by atoms with Gasteiger partial charge in [0.25, 0.3) is 0 Å². The molecule has 0 aromatic heterocycles. The number of carboxylic acids is 1. The number of piperidine rings is 1. The van der Waals surface area contributed by atoms with Crippen molar-refractivity contribution in [2.45, 2.75) is 62.3 Å². The van der Waals surface area contributed by atoms with Crippen molar-refractivity contribution in [2.24, 2.45) is 0 Å². The maximum Gasteiger partial charge on any atom is 0.241 e. The molecule has 1 N–H and O–H groups in total. The smallest absolute Gasteiger partial charge is 0.241 e. The SMILES string of the molecule is CCCCCc1ccc(S(=O)(=O)NC2(CC(=O)[O-])CCC[N+](C)(C)C2)cc1. The zero-order chi connectivity index (χ0) is 20.1. The summed E-state index contributed by atoms with van der Waals surface area (Å²) in [7, 11) is 0.170. The lowest BCUT2D eigenvalue weighted by Gasteiger charge is -2.46. The number of likely N-dealkylation sites (N-methyl/N-ethyl adjacent to an activating group) is 1. The molecule has 1 atom stereocenters. The molecule has 0 aliphatic carbocycles. The zero-order valence-corrected chi connectivity index (χ0v) is 17.5. The van der Waals surface area contributed by atoms with E-state index < -0.39 is 21.5 Å². The normalized spacial score (nSPS) is 22.5. The van der Waals surface area contributed by atoms with Crippen LogP contribution in [-0.4, -0.2) is 51.6 Å². The summed E-state index contributed by atoms with van der Waals surface area (Å²) in [5.41, 5.74) is 0.0986. The Morgan fingerprint density at radius 3 is 2.44 bits per heavy atom. The molecule has 1 aromatic rings. The fourth-order valence-corrected chi connectivity index (χ4v) is 5.54. The largest absolute Gasteiger partial charge is 0.550 e. The van der Waals surface area contributed by atoms with Crippen molar-refractivity contribution in [3.8, 4) is 0 Å². The van der Waals surface area contributed by atoms with E-state index in [0.29, 0.717) is 17.4 Å². The van der Waals surface area contributed by atoms with Crippen LogP contribution in [-0.2, 0) is 21.2 Å². The van der Waals surface area contributed by atoms with E-state index in [4.69, 9.17) is 0 Å². The summed E-state index contributed by atoms with van der Waals surface area (Å²) < 4.78 is 29.2. The Morgan fingerprint density at radius 1 is 1.22 bits per heavy atom. The van der Waals surface area contributed by atoms with Crippen LogP contribution in [0.15, 0.2) is 29.2 Å². The Bertz CT molecular complexity index is 744. The van der Waals surface area contributed by atoms with Gasteiger partial charge in [0.1, 0.15) is 0 Å². The Morgan fingerprint density at radius 2 is 1.89 bits per heavy atom. The summed E-state index contributed by atoms with van der Waals surface area (Å²) in [6, 6.07) is 6.91. The van der Waals surface area contributed by atoms with E-state index in [1.165, 1.54) is 0 Å². The summed E-state index contributed by atoms with van der Waals surface area (Å²) in [5, 5.41) is 11.3. The molecule has 0 amide bonds. The van der Waals surface area contributed by atoms with E-state index in [1.54, 1.807) is 12.1 Å². The van der Waals surface area contributed by atoms with E-state index in [1.807, 2.05) is 26.2 Å².